The molecule has 0 aromatic carbocycles. The van der Waals surface area contributed by atoms with Gasteiger partial charge >= 0.3 is 5.66 Å². The maximum absolute atomic E-state index is 12.5. The number of hydrogen-bond donors (Lipinski definition) is 1. The molecule has 0 amide bonds. The van der Waals surface area contributed by atoms with Gasteiger partial charge in [0, 0.05) is 15.1 Å². The molecule has 10 heteroatoms. The number of halogens is 3. The predicted octanol–water partition coefficient (Wildman–Crippen LogP) is 3.42. The third-order valence-corrected chi connectivity index (χ3v) is 4.90. The Bertz CT molecular complexity index is 367. The molecule has 0 aliphatic heterocycles. The molecule has 0 rings (SSSR count). The van der Waals surface area contributed by atoms with Crippen molar-refractivity contribution in [2.75, 3.05) is 39.5 Å². The summed E-state index contributed by atoms with van der Waals surface area (Å²) in [6, 6.07) is 0. The van der Waals surface area contributed by atoms with Crippen LogP contribution in [0.4, 0.5) is 8.78 Å². The smallest absolute Gasteiger partial charge is 0.343 e. The Labute approximate surface area is 151 Å². The quantitative estimate of drug-likeness (QED) is 0.298. The zero-order chi connectivity index (χ0) is 19.1. The second-order valence-electron chi connectivity index (χ2n) is 4.22. The van der Waals surface area contributed by atoms with Crippen LogP contribution in [0.25, 0.3) is 0 Å². The van der Waals surface area contributed by atoms with Crippen LogP contribution in [-0.4, -0.2) is 68.8 Å². The first kappa shape index (κ1) is 31.5. The Morgan fingerprint density at radius 3 is 1.75 bits per heavy atom. The fraction of sp³-hybridized carbons (Fsp3) is 0.786. The van der Waals surface area contributed by atoms with Crippen LogP contribution in [0.15, 0.2) is 12.7 Å². The molecule has 0 aliphatic rings. The van der Waals surface area contributed by atoms with Crippen LogP contribution in [-0.2, 0) is 13.9 Å². The third-order valence-electron chi connectivity index (χ3n) is 2.66. The monoisotopic (exact) mass is 390 g/mol. The Balaban J connectivity index is -0.000000133. The highest BCUT2D eigenvalue weighted by molar-refractivity contribution is 7.59. The minimum Gasteiger partial charge on any atom is -0.389 e. The highest BCUT2D eigenvalue weighted by Gasteiger charge is 2.46. The maximum Gasteiger partial charge on any atom is 0.343 e. The van der Waals surface area contributed by atoms with Crippen molar-refractivity contribution < 1.29 is 27.8 Å². The van der Waals surface area contributed by atoms with E-state index < -0.39 is 24.9 Å². The van der Waals surface area contributed by atoms with E-state index in [4.69, 9.17) is 16.7 Å². The molecule has 0 heterocycles. The van der Waals surface area contributed by atoms with Crippen LogP contribution in [0, 0.1) is 0 Å². The Morgan fingerprint density at radius 1 is 1.29 bits per heavy atom. The fourth-order valence-electron chi connectivity index (χ4n) is 1.14. The van der Waals surface area contributed by atoms with Crippen molar-refractivity contribution in [1.29, 1.82) is 0 Å². The van der Waals surface area contributed by atoms with Crippen LogP contribution >= 0.6 is 19.0 Å². The lowest BCUT2D eigenvalue weighted by molar-refractivity contribution is -0.107. The van der Waals surface area contributed by atoms with Crippen LogP contribution in [0.2, 0.25) is 0 Å². The van der Waals surface area contributed by atoms with Gasteiger partial charge < -0.3 is 14.5 Å². The van der Waals surface area contributed by atoms with Gasteiger partial charge in [-0.2, -0.15) is 8.78 Å². The van der Waals surface area contributed by atoms with Gasteiger partial charge in [0.15, 0.2) is 0 Å². The molecule has 143 valence electrons. The minimum absolute atomic E-state index is 0. The molecular weight excluding hydrogens is 361 g/mol. The molecule has 0 saturated carbocycles. The van der Waals surface area contributed by atoms with Crippen LogP contribution < -0.4 is 0 Å². The standard InChI is InChI=1S/C6H15N.C5H11F2O3P.C3H3ClO.B/c1-4-7(5-2)6-3;1-3-10-11(2,9)5(6,7)4-8;1-2-3(4)5;/h4-6H2,1-3H3;8H,3-4H2,1-2H3;2H,1H2;. The van der Waals surface area contributed by atoms with E-state index in [9.17, 15) is 18.1 Å². The number of hydrogen-bond acceptors (Lipinski definition) is 5. The average Bonchev–Trinajstić information content (AvgIpc) is 2.50. The third kappa shape index (κ3) is 16.6. The lowest BCUT2D eigenvalue weighted by Crippen LogP contribution is -2.22. The number of carbonyl (C=O) groups excluding carboxylic acids is 1. The van der Waals surface area contributed by atoms with E-state index in [2.05, 4.69) is 36.8 Å². The van der Waals surface area contributed by atoms with Gasteiger partial charge in [-0.1, -0.05) is 27.4 Å². The SMILES string of the molecule is C=CC(=O)Cl.CCN(CC)CC.CCOP(C)(=O)C(F)(F)CO.[B]. The highest BCUT2D eigenvalue weighted by Crippen LogP contribution is 2.57. The summed E-state index contributed by atoms with van der Waals surface area (Å²) < 4.78 is 40.2. The Kier molecular flexibility index (Phi) is 23.0. The van der Waals surface area contributed by atoms with Crippen LogP contribution in [0.5, 0.6) is 0 Å². The van der Waals surface area contributed by atoms with Gasteiger partial charge in [0.25, 0.3) is 7.37 Å². The topological polar surface area (TPSA) is 66.8 Å². The highest BCUT2D eigenvalue weighted by atomic mass is 35.5. The number of alkyl halides is 2. The molecule has 0 aromatic rings. The van der Waals surface area contributed by atoms with Gasteiger partial charge in [-0.15, -0.1) is 0 Å². The van der Waals surface area contributed by atoms with E-state index in [0.29, 0.717) is 0 Å². The number of aliphatic hydroxyl groups is 1. The maximum atomic E-state index is 12.5. The van der Waals surface area contributed by atoms with Crippen molar-refractivity contribution in [2.45, 2.75) is 33.4 Å². The van der Waals surface area contributed by atoms with E-state index in [0.717, 1.165) is 12.7 Å². The second kappa shape index (κ2) is 17.6. The number of rotatable bonds is 8. The van der Waals surface area contributed by atoms with E-state index >= 15 is 0 Å². The first-order valence-corrected chi connectivity index (χ1v) is 9.69. The van der Waals surface area contributed by atoms with Crippen LogP contribution in [0.3, 0.4) is 0 Å². The second-order valence-corrected chi connectivity index (χ2v) is 7.19. The lowest BCUT2D eigenvalue weighted by Gasteiger charge is -2.20. The summed E-state index contributed by atoms with van der Waals surface area (Å²) in [5.41, 5.74) is -3.62. The molecule has 0 bridgehead atoms. The molecule has 1 atom stereocenters. The molecule has 0 spiro atoms. The Morgan fingerprint density at radius 2 is 1.62 bits per heavy atom. The summed E-state index contributed by atoms with van der Waals surface area (Å²) in [6.07, 6.45) is 1.04. The molecular formula is C14H29BClF2NO4P. The van der Waals surface area contributed by atoms with E-state index in [-0.39, 0.29) is 15.0 Å². The molecule has 0 aromatic heterocycles. The first-order chi connectivity index (χ1) is 10.5. The van der Waals surface area contributed by atoms with Gasteiger partial charge in [0.05, 0.1) is 6.61 Å². The van der Waals surface area contributed by atoms with Crippen molar-refractivity contribution in [3.8, 4) is 0 Å². The number of nitrogens with zero attached hydrogens (tertiary/aromatic N) is 1. The summed E-state index contributed by atoms with van der Waals surface area (Å²) in [7, 11) is -3.98. The van der Waals surface area contributed by atoms with E-state index in [1.807, 2.05) is 0 Å². The average molecular weight is 391 g/mol. The molecule has 3 radical (unpaired) electrons. The molecule has 1 unspecified atom stereocenters. The predicted molar refractivity (Wildman–Crippen MR) is 97.5 cm³/mol. The molecule has 0 fully saturated rings. The zero-order valence-corrected chi connectivity index (χ0v) is 16.7. The lowest BCUT2D eigenvalue weighted by atomic mass is 10.5. The first-order valence-electron chi connectivity index (χ1n) is 7.24. The molecule has 0 aliphatic carbocycles. The molecule has 0 saturated heterocycles. The number of aliphatic hydroxyl groups excluding tert-OH is 1. The molecule has 1 N–H and O–H groups in total. The number of carbonyl (C=O) groups is 1. The summed E-state index contributed by atoms with van der Waals surface area (Å²) in [5.74, 6) is 0. The summed E-state index contributed by atoms with van der Waals surface area (Å²) >= 11 is 4.71. The van der Waals surface area contributed by atoms with Crippen LogP contribution in [0.1, 0.15) is 27.7 Å². The van der Waals surface area contributed by atoms with Gasteiger partial charge in [-0.3, -0.25) is 9.36 Å². The summed E-state index contributed by atoms with van der Waals surface area (Å²) in [5, 5.41) is 7.64. The van der Waals surface area contributed by atoms with Gasteiger partial charge in [-0.05, 0) is 44.2 Å². The normalized spacial score (nSPS) is 12.6. The van der Waals surface area contributed by atoms with E-state index in [1.54, 1.807) is 0 Å². The summed E-state index contributed by atoms with van der Waals surface area (Å²) in [6.45, 7) is 14.0. The fourth-order valence-corrected chi connectivity index (χ4v) is 2.08. The largest absolute Gasteiger partial charge is 0.389 e. The number of allylic oxidation sites excluding steroid dienone is 1. The van der Waals surface area contributed by atoms with E-state index in [1.165, 1.54) is 26.6 Å². The van der Waals surface area contributed by atoms with Gasteiger partial charge in [0.1, 0.15) is 6.61 Å². The minimum atomic E-state index is -3.98. The molecule has 24 heavy (non-hydrogen) atoms. The van der Waals surface area contributed by atoms with Gasteiger partial charge in [0.2, 0.25) is 5.24 Å². The molecule has 5 nitrogen and oxygen atoms in total. The van der Waals surface area contributed by atoms with Crippen molar-refractivity contribution in [3.05, 3.63) is 12.7 Å². The van der Waals surface area contributed by atoms with Crippen molar-refractivity contribution in [3.63, 3.8) is 0 Å². The zero-order valence-electron chi connectivity index (χ0n) is 15.1. The van der Waals surface area contributed by atoms with Gasteiger partial charge in [-0.25, -0.2) is 0 Å². The van der Waals surface area contributed by atoms with Crippen molar-refractivity contribution in [2.24, 2.45) is 0 Å². The summed E-state index contributed by atoms with van der Waals surface area (Å²) in [4.78, 5) is 11.8. The Hall–Kier alpha value is -0.265. The van der Waals surface area contributed by atoms with Crippen molar-refractivity contribution in [1.82, 2.24) is 4.90 Å². The van der Waals surface area contributed by atoms with Crippen molar-refractivity contribution >= 4 is 32.6 Å².